The summed E-state index contributed by atoms with van der Waals surface area (Å²) in [6, 6.07) is 7.51. The molecule has 1 nitrogen and oxygen atoms in total. The molecular weight excluding hydrogens is 172 g/mol. The van der Waals surface area contributed by atoms with Gasteiger partial charge in [-0.05, 0) is 18.6 Å². The minimum Gasteiger partial charge on any atom is -0.389 e. The third-order valence-electron chi connectivity index (χ3n) is 1.46. The highest BCUT2D eigenvalue weighted by Gasteiger charge is 1.93. The van der Waals surface area contributed by atoms with Crippen molar-refractivity contribution in [3.63, 3.8) is 0 Å². The van der Waals surface area contributed by atoms with Crippen LogP contribution in [-0.4, -0.2) is 11.2 Å². The molecule has 64 valence electrons. The number of aliphatic hydroxyl groups excluding tert-OH is 1. The quantitative estimate of drug-likeness (QED) is 0.746. The van der Waals surface area contributed by atoms with Gasteiger partial charge in [0, 0.05) is 5.02 Å². The van der Waals surface area contributed by atoms with E-state index in [1.54, 1.807) is 13.0 Å². The lowest BCUT2D eigenvalue weighted by atomic mass is 10.2. The SMILES string of the molecule is C[C@H](O)/C=C/c1ccccc1Cl. The van der Waals surface area contributed by atoms with E-state index in [4.69, 9.17) is 16.7 Å². The Labute approximate surface area is 77.3 Å². The number of rotatable bonds is 2. The molecule has 0 unspecified atom stereocenters. The van der Waals surface area contributed by atoms with E-state index in [1.807, 2.05) is 30.3 Å². The van der Waals surface area contributed by atoms with Crippen LogP contribution in [-0.2, 0) is 0 Å². The second-order valence-electron chi connectivity index (χ2n) is 2.62. The van der Waals surface area contributed by atoms with Gasteiger partial charge in [-0.3, -0.25) is 0 Å². The minimum atomic E-state index is -0.429. The second kappa shape index (κ2) is 4.29. The zero-order valence-electron chi connectivity index (χ0n) is 6.87. The van der Waals surface area contributed by atoms with Crippen molar-refractivity contribution in [3.8, 4) is 0 Å². The van der Waals surface area contributed by atoms with Gasteiger partial charge in [-0.2, -0.15) is 0 Å². The third kappa shape index (κ3) is 2.68. The zero-order valence-corrected chi connectivity index (χ0v) is 7.62. The van der Waals surface area contributed by atoms with Crippen molar-refractivity contribution < 1.29 is 5.11 Å². The average Bonchev–Trinajstić information content (AvgIpc) is 2.03. The van der Waals surface area contributed by atoms with E-state index in [0.717, 1.165) is 5.56 Å². The van der Waals surface area contributed by atoms with E-state index in [-0.39, 0.29) is 0 Å². The molecule has 0 fully saturated rings. The van der Waals surface area contributed by atoms with Crippen molar-refractivity contribution in [2.45, 2.75) is 13.0 Å². The first-order chi connectivity index (χ1) is 5.70. The summed E-state index contributed by atoms with van der Waals surface area (Å²) in [4.78, 5) is 0. The van der Waals surface area contributed by atoms with Crippen molar-refractivity contribution in [2.24, 2.45) is 0 Å². The van der Waals surface area contributed by atoms with Crippen LogP contribution in [0.4, 0.5) is 0 Å². The molecule has 0 aliphatic rings. The van der Waals surface area contributed by atoms with Crippen molar-refractivity contribution in [1.82, 2.24) is 0 Å². The topological polar surface area (TPSA) is 20.2 Å². The smallest absolute Gasteiger partial charge is 0.0696 e. The number of hydrogen-bond donors (Lipinski definition) is 1. The number of hydrogen-bond acceptors (Lipinski definition) is 1. The van der Waals surface area contributed by atoms with E-state index in [9.17, 15) is 0 Å². The Morgan fingerprint density at radius 3 is 2.67 bits per heavy atom. The molecule has 1 atom stereocenters. The van der Waals surface area contributed by atoms with Crippen molar-refractivity contribution in [1.29, 1.82) is 0 Å². The molecule has 0 spiro atoms. The molecule has 0 aliphatic carbocycles. The largest absolute Gasteiger partial charge is 0.389 e. The zero-order chi connectivity index (χ0) is 8.97. The van der Waals surface area contributed by atoms with Gasteiger partial charge in [-0.1, -0.05) is 42.0 Å². The average molecular weight is 183 g/mol. The molecule has 0 saturated heterocycles. The molecule has 0 aromatic heterocycles. The van der Waals surface area contributed by atoms with Crippen LogP contribution >= 0.6 is 11.6 Å². The molecule has 1 aromatic rings. The predicted octanol–water partition coefficient (Wildman–Crippen LogP) is 2.73. The van der Waals surface area contributed by atoms with E-state index >= 15 is 0 Å². The summed E-state index contributed by atoms with van der Waals surface area (Å²) < 4.78 is 0. The molecule has 12 heavy (non-hydrogen) atoms. The summed E-state index contributed by atoms with van der Waals surface area (Å²) >= 11 is 5.87. The van der Waals surface area contributed by atoms with Crippen molar-refractivity contribution in [3.05, 3.63) is 40.9 Å². The molecule has 0 bridgehead atoms. The first kappa shape index (κ1) is 9.30. The summed E-state index contributed by atoms with van der Waals surface area (Å²) in [5.74, 6) is 0. The van der Waals surface area contributed by atoms with Gasteiger partial charge in [0.1, 0.15) is 0 Å². The van der Waals surface area contributed by atoms with E-state index in [1.165, 1.54) is 0 Å². The number of aliphatic hydroxyl groups is 1. The van der Waals surface area contributed by atoms with Crippen molar-refractivity contribution >= 4 is 17.7 Å². The fraction of sp³-hybridized carbons (Fsp3) is 0.200. The fourth-order valence-corrected chi connectivity index (χ4v) is 1.05. The standard InChI is InChI=1S/C10H11ClO/c1-8(12)6-7-9-4-2-3-5-10(9)11/h2-8,12H,1H3/b7-6+/t8-/m0/s1. The number of benzene rings is 1. The monoisotopic (exact) mass is 182 g/mol. The molecule has 0 radical (unpaired) electrons. The van der Waals surface area contributed by atoms with Gasteiger partial charge in [0.05, 0.1) is 6.10 Å². The van der Waals surface area contributed by atoms with Gasteiger partial charge >= 0.3 is 0 Å². The molecule has 0 heterocycles. The Kier molecular flexibility index (Phi) is 3.32. The van der Waals surface area contributed by atoms with Crippen LogP contribution in [0.5, 0.6) is 0 Å². The Hall–Kier alpha value is -0.790. The maximum atomic E-state index is 8.97. The van der Waals surface area contributed by atoms with Crippen LogP contribution in [0.15, 0.2) is 30.3 Å². The third-order valence-corrected chi connectivity index (χ3v) is 1.80. The molecule has 0 amide bonds. The normalized spacial score (nSPS) is 13.6. The van der Waals surface area contributed by atoms with Crippen LogP contribution in [0.3, 0.4) is 0 Å². The Bertz CT molecular complexity index is 279. The van der Waals surface area contributed by atoms with Gasteiger partial charge in [-0.15, -0.1) is 0 Å². The van der Waals surface area contributed by atoms with Gasteiger partial charge in [-0.25, -0.2) is 0 Å². The fourth-order valence-electron chi connectivity index (χ4n) is 0.853. The Morgan fingerprint density at radius 1 is 1.42 bits per heavy atom. The van der Waals surface area contributed by atoms with Gasteiger partial charge in [0.15, 0.2) is 0 Å². The highest BCUT2D eigenvalue weighted by molar-refractivity contribution is 6.32. The van der Waals surface area contributed by atoms with Crippen LogP contribution in [0.1, 0.15) is 12.5 Å². The Morgan fingerprint density at radius 2 is 2.08 bits per heavy atom. The lowest BCUT2D eigenvalue weighted by Crippen LogP contribution is -1.91. The molecule has 1 aromatic carbocycles. The predicted molar refractivity (Wildman–Crippen MR) is 52.2 cm³/mol. The lowest BCUT2D eigenvalue weighted by Gasteiger charge is -1.97. The van der Waals surface area contributed by atoms with Crippen LogP contribution in [0.2, 0.25) is 5.02 Å². The van der Waals surface area contributed by atoms with Gasteiger partial charge in [0.25, 0.3) is 0 Å². The van der Waals surface area contributed by atoms with Gasteiger partial charge < -0.3 is 5.11 Å². The maximum Gasteiger partial charge on any atom is 0.0696 e. The summed E-state index contributed by atoms with van der Waals surface area (Å²) in [6.45, 7) is 1.70. The van der Waals surface area contributed by atoms with E-state index < -0.39 is 6.10 Å². The molecular formula is C10H11ClO. The molecule has 1 rings (SSSR count). The molecule has 1 N–H and O–H groups in total. The first-order valence-corrected chi connectivity index (χ1v) is 4.19. The second-order valence-corrected chi connectivity index (χ2v) is 3.03. The highest BCUT2D eigenvalue weighted by atomic mass is 35.5. The van der Waals surface area contributed by atoms with E-state index in [0.29, 0.717) is 5.02 Å². The summed E-state index contributed by atoms with van der Waals surface area (Å²) in [7, 11) is 0. The summed E-state index contributed by atoms with van der Waals surface area (Å²) in [5, 5.41) is 9.68. The highest BCUT2D eigenvalue weighted by Crippen LogP contribution is 2.16. The van der Waals surface area contributed by atoms with Crippen LogP contribution in [0.25, 0.3) is 6.08 Å². The van der Waals surface area contributed by atoms with Crippen molar-refractivity contribution in [2.75, 3.05) is 0 Å². The lowest BCUT2D eigenvalue weighted by molar-refractivity contribution is 0.245. The minimum absolute atomic E-state index is 0.429. The Balaban J connectivity index is 2.82. The first-order valence-electron chi connectivity index (χ1n) is 3.81. The summed E-state index contributed by atoms with van der Waals surface area (Å²) in [6.07, 6.45) is 3.08. The van der Waals surface area contributed by atoms with Crippen LogP contribution in [0, 0.1) is 0 Å². The molecule has 2 heteroatoms. The van der Waals surface area contributed by atoms with E-state index in [2.05, 4.69) is 0 Å². The van der Waals surface area contributed by atoms with Gasteiger partial charge in [0.2, 0.25) is 0 Å². The maximum absolute atomic E-state index is 8.97. The molecule has 0 aliphatic heterocycles. The summed E-state index contributed by atoms with van der Waals surface area (Å²) in [5.41, 5.74) is 0.931. The number of halogens is 1. The van der Waals surface area contributed by atoms with Crippen LogP contribution < -0.4 is 0 Å². The molecule has 0 saturated carbocycles.